The first kappa shape index (κ1) is 35.4. The minimum Gasteiger partial charge on any atom is -0.360 e. The number of nitrogens with zero attached hydrogens (tertiary/aromatic N) is 2. The molecule has 0 aromatic heterocycles. The van der Waals surface area contributed by atoms with Crippen LogP contribution in [-0.2, 0) is 0 Å². The predicted molar refractivity (Wildman–Crippen MR) is 219 cm³/mol. The molecule has 2 aliphatic rings. The molecule has 0 spiro atoms. The average Bonchev–Trinajstić information content (AvgIpc) is 3.65. The van der Waals surface area contributed by atoms with E-state index in [1.807, 2.05) is 0 Å². The van der Waals surface area contributed by atoms with Gasteiger partial charge < -0.3 is 10.6 Å². The van der Waals surface area contributed by atoms with Crippen LogP contribution in [-0.4, -0.2) is 11.7 Å². The molecular weight excluding hydrogens is 633 g/mol. The lowest BCUT2D eigenvalue weighted by Gasteiger charge is -2.26. The van der Waals surface area contributed by atoms with Gasteiger partial charge in [-0.3, -0.25) is 9.98 Å². The zero-order valence-electron chi connectivity index (χ0n) is 33.1. The molecule has 52 heavy (non-hydrogen) atoms. The van der Waals surface area contributed by atoms with Crippen LogP contribution < -0.4 is 10.6 Å². The van der Waals surface area contributed by atoms with Crippen molar-refractivity contribution >= 4 is 11.7 Å². The van der Waals surface area contributed by atoms with Crippen LogP contribution in [0.1, 0.15) is 124 Å². The summed E-state index contributed by atoms with van der Waals surface area (Å²) >= 11 is 0. The lowest BCUT2D eigenvalue weighted by molar-refractivity contribution is 0.562. The summed E-state index contributed by atoms with van der Waals surface area (Å²) in [4.78, 5) is 11.1. The van der Waals surface area contributed by atoms with E-state index in [-0.39, 0.29) is 24.2 Å². The van der Waals surface area contributed by atoms with Gasteiger partial charge in [0.1, 0.15) is 23.8 Å². The van der Waals surface area contributed by atoms with Gasteiger partial charge in [-0.05, 0) is 156 Å². The summed E-state index contributed by atoms with van der Waals surface area (Å²) in [7, 11) is 0. The Balaban J connectivity index is 1.33. The van der Waals surface area contributed by atoms with Gasteiger partial charge in [-0.15, -0.1) is 0 Å². The molecule has 4 nitrogen and oxygen atoms in total. The molecule has 0 bridgehead atoms. The number of hydrogen-bond acceptors (Lipinski definition) is 4. The zero-order valence-corrected chi connectivity index (χ0v) is 33.1. The first-order valence-corrected chi connectivity index (χ1v) is 18.8. The van der Waals surface area contributed by atoms with Crippen LogP contribution in [0.4, 0.5) is 0 Å². The van der Waals surface area contributed by atoms with Gasteiger partial charge in [0.05, 0.1) is 12.1 Å². The van der Waals surface area contributed by atoms with E-state index in [0.29, 0.717) is 0 Å². The van der Waals surface area contributed by atoms with Crippen molar-refractivity contribution in [3.05, 3.63) is 173 Å². The van der Waals surface area contributed by atoms with E-state index in [0.717, 1.165) is 22.8 Å². The van der Waals surface area contributed by atoms with E-state index < -0.39 is 0 Å². The maximum Gasteiger partial charge on any atom is 0.129 e. The minimum atomic E-state index is -0.0463. The summed E-state index contributed by atoms with van der Waals surface area (Å²) in [5.41, 5.74) is 23.0. The monoisotopic (exact) mass is 686 g/mol. The second kappa shape index (κ2) is 13.5. The Bertz CT molecular complexity index is 2050. The van der Waals surface area contributed by atoms with Crippen molar-refractivity contribution in [1.82, 2.24) is 10.6 Å². The highest BCUT2D eigenvalue weighted by Crippen LogP contribution is 2.44. The maximum absolute atomic E-state index is 5.54. The second-order valence-electron chi connectivity index (χ2n) is 15.9. The van der Waals surface area contributed by atoms with Gasteiger partial charge >= 0.3 is 0 Å². The number of aliphatic imine (C=N–C) groups is 2. The van der Waals surface area contributed by atoms with E-state index >= 15 is 0 Å². The number of nitrogens with one attached hydrogen (secondary N) is 2. The Morgan fingerprint density at radius 3 is 0.923 bits per heavy atom. The van der Waals surface area contributed by atoms with Gasteiger partial charge in [0.25, 0.3) is 0 Å². The standard InChI is InChI=1S/C48H54N4/c1-25-16-29(5)39(30(6)17-25)43-44(40-31(7)18-26(2)19-32(40)8)50-47(49-43)37-14-13-15-38(24-37)48-51-45(41-33(9)20-27(3)21-34(41)10)46(52-48)42-35(11)22-28(4)23-36(42)12/h13-24,43-46H,1-12H3,(H,49,50)(H,51,52)/t43-,44-,45-,46-/m0/s1. The molecule has 0 aliphatic carbocycles. The Kier molecular flexibility index (Phi) is 9.23. The van der Waals surface area contributed by atoms with Crippen LogP contribution in [0.5, 0.6) is 0 Å². The zero-order chi connectivity index (χ0) is 37.2. The molecule has 5 aromatic carbocycles. The predicted octanol–water partition coefficient (Wildman–Crippen LogP) is 11.1. The Morgan fingerprint density at radius 2 is 0.635 bits per heavy atom. The van der Waals surface area contributed by atoms with Crippen molar-refractivity contribution in [2.45, 2.75) is 107 Å². The number of hydrogen-bond donors (Lipinski definition) is 2. The van der Waals surface area contributed by atoms with Crippen molar-refractivity contribution in [3.8, 4) is 0 Å². The topological polar surface area (TPSA) is 48.8 Å². The molecule has 0 saturated heterocycles. The summed E-state index contributed by atoms with van der Waals surface area (Å²) in [6.45, 7) is 26.7. The molecule has 5 aromatic rings. The molecule has 0 amide bonds. The number of aryl methyl sites for hydroxylation is 12. The molecule has 266 valence electrons. The van der Waals surface area contributed by atoms with Crippen molar-refractivity contribution in [2.75, 3.05) is 0 Å². The fourth-order valence-electron chi connectivity index (χ4n) is 9.69. The SMILES string of the molecule is Cc1cc(C)c([C@@H]2N=C(c3cccc(C4=N[C@@H](c5c(C)cc(C)cc5C)[C@H](c5c(C)cc(C)cc5C)N4)c3)N[C@H]2c2c(C)cc(C)cc2C)c(C)c1. The third-order valence-electron chi connectivity index (χ3n) is 11.3. The Labute approximate surface area is 311 Å². The van der Waals surface area contributed by atoms with Gasteiger partial charge in [0, 0.05) is 11.1 Å². The minimum absolute atomic E-state index is 0.0232. The van der Waals surface area contributed by atoms with Crippen LogP contribution in [0.3, 0.4) is 0 Å². The smallest absolute Gasteiger partial charge is 0.129 e. The molecule has 2 aliphatic heterocycles. The van der Waals surface area contributed by atoms with E-state index in [9.17, 15) is 0 Å². The highest BCUT2D eigenvalue weighted by atomic mass is 15.1. The molecule has 2 heterocycles. The molecule has 2 N–H and O–H groups in total. The van der Waals surface area contributed by atoms with Gasteiger partial charge in [-0.25, -0.2) is 0 Å². The van der Waals surface area contributed by atoms with Crippen molar-refractivity contribution < 1.29 is 0 Å². The number of amidine groups is 2. The molecule has 0 unspecified atom stereocenters. The molecule has 4 atom stereocenters. The maximum atomic E-state index is 5.54. The molecular formula is C48H54N4. The molecule has 0 fully saturated rings. The van der Waals surface area contributed by atoms with Gasteiger partial charge in [0.2, 0.25) is 0 Å². The van der Waals surface area contributed by atoms with Gasteiger partial charge in [-0.2, -0.15) is 0 Å². The second-order valence-corrected chi connectivity index (χ2v) is 15.9. The van der Waals surface area contributed by atoms with Gasteiger partial charge in [0.15, 0.2) is 0 Å². The molecule has 4 heteroatoms. The lowest BCUT2D eigenvalue weighted by Crippen LogP contribution is -2.28. The highest BCUT2D eigenvalue weighted by Gasteiger charge is 2.37. The normalized spacial score (nSPS) is 19.7. The fraction of sp³-hybridized carbons (Fsp3) is 0.333. The molecule has 7 rings (SSSR count). The summed E-state index contributed by atoms with van der Waals surface area (Å²) < 4.78 is 0. The van der Waals surface area contributed by atoms with E-state index in [1.54, 1.807) is 0 Å². The van der Waals surface area contributed by atoms with Crippen LogP contribution in [0.2, 0.25) is 0 Å². The Morgan fingerprint density at radius 1 is 0.365 bits per heavy atom. The first-order chi connectivity index (χ1) is 24.7. The average molecular weight is 687 g/mol. The first-order valence-electron chi connectivity index (χ1n) is 18.8. The van der Waals surface area contributed by atoms with Crippen LogP contribution in [0.15, 0.2) is 82.8 Å². The molecule has 0 radical (unpaired) electrons. The highest BCUT2D eigenvalue weighted by molar-refractivity contribution is 6.05. The molecule has 0 saturated carbocycles. The summed E-state index contributed by atoms with van der Waals surface area (Å²) in [5.74, 6) is 1.86. The third kappa shape index (κ3) is 6.38. The van der Waals surface area contributed by atoms with Crippen LogP contribution in [0.25, 0.3) is 0 Å². The van der Waals surface area contributed by atoms with Crippen molar-refractivity contribution in [2.24, 2.45) is 9.98 Å². The lowest BCUT2D eigenvalue weighted by atomic mass is 9.84. The Hall–Kier alpha value is -4.96. The van der Waals surface area contributed by atoms with Crippen LogP contribution >= 0.6 is 0 Å². The van der Waals surface area contributed by atoms with E-state index in [4.69, 9.17) is 9.98 Å². The van der Waals surface area contributed by atoms with E-state index in [1.165, 1.54) is 89.0 Å². The number of rotatable bonds is 6. The van der Waals surface area contributed by atoms with Crippen LogP contribution in [0, 0.1) is 83.1 Å². The summed E-state index contributed by atoms with van der Waals surface area (Å²) in [6, 6.07) is 27.2. The van der Waals surface area contributed by atoms with Gasteiger partial charge in [-0.1, -0.05) is 89.0 Å². The fourth-order valence-corrected chi connectivity index (χ4v) is 9.69. The van der Waals surface area contributed by atoms with Crippen molar-refractivity contribution in [1.29, 1.82) is 0 Å². The van der Waals surface area contributed by atoms with Crippen molar-refractivity contribution in [3.63, 3.8) is 0 Å². The van der Waals surface area contributed by atoms with E-state index in [2.05, 4.69) is 167 Å². The third-order valence-corrected chi connectivity index (χ3v) is 11.3. The summed E-state index contributed by atoms with van der Waals surface area (Å²) in [6.07, 6.45) is 0. The number of benzene rings is 5. The largest absolute Gasteiger partial charge is 0.360 e. The quantitative estimate of drug-likeness (QED) is 0.187. The summed E-state index contributed by atoms with van der Waals surface area (Å²) in [5, 5.41) is 7.92.